The zero-order valence-electron chi connectivity index (χ0n) is 10.1. The van der Waals surface area contributed by atoms with Crippen LogP contribution in [0.15, 0.2) is 18.2 Å². The summed E-state index contributed by atoms with van der Waals surface area (Å²) in [6.45, 7) is 0.747. The number of nitrogens with one attached hydrogen (secondary N) is 1. The summed E-state index contributed by atoms with van der Waals surface area (Å²) in [7, 11) is 1.74. The van der Waals surface area contributed by atoms with Crippen molar-refractivity contribution in [3.8, 4) is 0 Å². The molecule has 0 saturated heterocycles. The first-order valence-electron chi connectivity index (χ1n) is 5.79. The fourth-order valence-electron chi connectivity index (χ4n) is 2.04. The van der Waals surface area contributed by atoms with Gasteiger partial charge in [0.1, 0.15) is 0 Å². The van der Waals surface area contributed by atoms with E-state index in [2.05, 4.69) is 27.9 Å². The number of rotatable bonds is 5. The van der Waals surface area contributed by atoms with Gasteiger partial charge in [-0.3, -0.25) is 10.1 Å². The van der Waals surface area contributed by atoms with E-state index in [1.807, 2.05) is 0 Å². The van der Waals surface area contributed by atoms with E-state index in [-0.39, 0.29) is 16.2 Å². The number of anilines is 1. The number of hydrogen-bond acceptors (Lipinski definition) is 4. The van der Waals surface area contributed by atoms with Gasteiger partial charge in [-0.1, -0.05) is 0 Å². The molecule has 0 atom stereocenters. The first-order valence-corrected chi connectivity index (χ1v) is 6.87. The maximum Gasteiger partial charge on any atom is 0.270 e. The molecular formula is C12H15IN2O3. The Kier molecular flexibility index (Phi) is 4.06. The Hall–Kier alpha value is -0.890. The lowest BCUT2D eigenvalue weighted by molar-refractivity contribution is -0.384. The molecule has 0 unspecified atom stereocenters. The maximum atomic E-state index is 10.6. The summed E-state index contributed by atoms with van der Waals surface area (Å²) in [5.41, 5.74) is 0.991. The number of hydrogen-bond donors (Lipinski definition) is 1. The fraction of sp³-hybridized carbons (Fsp3) is 0.500. The van der Waals surface area contributed by atoms with Crippen LogP contribution < -0.4 is 5.32 Å². The minimum Gasteiger partial charge on any atom is -0.381 e. The summed E-state index contributed by atoms with van der Waals surface area (Å²) in [5.74, 6) is 0. The molecule has 2 rings (SSSR count). The van der Waals surface area contributed by atoms with Gasteiger partial charge in [-0.2, -0.15) is 0 Å². The van der Waals surface area contributed by atoms with Crippen molar-refractivity contribution in [2.24, 2.45) is 0 Å². The summed E-state index contributed by atoms with van der Waals surface area (Å²) >= 11 is 2.11. The number of non-ortho nitro benzene ring substituents is 1. The summed E-state index contributed by atoms with van der Waals surface area (Å²) in [4.78, 5) is 10.3. The average Bonchev–Trinajstić information content (AvgIpc) is 2.29. The highest BCUT2D eigenvalue weighted by Gasteiger charge is 2.36. The predicted molar refractivity (Wildman–Crippen MR) is 77.9 cm³/mol. The zero-order chi connectivity index (χ0) is 13.2. The topological polar surface area (TPSA) is 64.4 Å². The van der Waals surface area contributed by atoms with Gasteiger partial charge in [-0.15, -0.1) is 0 Å². The molecule has 18 heavy (non-hydrogen) atoms. The molecule has 0 heterocycles. The van der Waals surface area contributed by atoms with Gasteiger partial charge in [-0.25, -0.2) is 0 Å². The highest BCUT2D eigenvalue weighted by atomic mass is 127. The Labute approximate surface area is 119 Å². The lowest BCUT2D eigenvalue weighted by atomic mass is 9.80. The third kappa shape index (κ3) is 2.74. The minimum absolute atomic E-state index is 0.0507. The summed E-state index contributed by atoms with van der Waals surface area (Å²) in [6.07, 6.45) is 3.34. The van der Waals surface area contributed by atoms with E-state index in [0.29, 0.717) is 0 Å². The molecule has 0 radical (unpaired) electrons. The van der Waals surface area contributed by atoms with Crippen LogP contribution in [0.3, 0.4) is 0 Å². The zero-order valence-corrected chi connectivity index (χ0v) is 12.3. The van der Waals surface area contributed by atoms with E-state index < -0.39 is 0 Å². The van der Waals surface area contributed by atoms with Gasteiger partial charge in [0.05, 0.1) is 10.5 Å². The lowest BCUT2D eigenvalue weighted by Gasteiger charge is -2.40. The van der Waals surface area contributed by atoms with Crippen LogP contribution in [0.25, 0.3) is 0 Å². The Balaban J connectivity index is 2.03. The van der Waals surface area contributed by atoms with E-state index in [1.54, 1.807) is 19.2 Å². The molecule has 0 aromatic heterocycles. The second kappa shape index (κ2) is 5.40. The Morgan fingerprint density at radius 1 is 1.56 bits per heavy atom. The molecule has 1 aliphatic carbocycles. The third-order valence-electron chi connectivity index (χ3n) is 3.46. The van der Waals surface area contributed by atoms with E-state index in [4.69, 9.17) is 4.74 Å². The molecule has 0 aliphatic heterocycles. The average molecular weight is 362 g/mol. The van der Waals surface area contributed by atoms with Gasteiger partial charge in [0, 0.05) is 35.0 Å². The van der Waals surface area contributed by atoms with Crippen LogP contribution in [-0.4, -0.2) is 24.2 Å². The van der Waals surface area contributed by atoms with Gasteiger partial charge >= 0.3 is 0 Å². The molecule has 1 aliphatic rings. The molecule has 1 aromatic carbocycles. The van der Waals surface area contributed by atoms with Gasteiger partial charge in [0.25, 0.3) is 5.69 Å². The van der Waals surface area contributed by atoms with Crippen molar-refractivity contribution in [3.05, 3.63) is 31.9 Å². The van der Waals surface area contributed by atoms with Gasteiger partial charge in [-0.05, 0) is 47.9 Å². The monoisotopic (exact) mass is 362 g/mol. The van der Waals surface area contributed by atoms with Crippen molar-refractivity contribution in [2.75, 3.05) is 19.0 Å². The normalized spacial score (nSPS) is 17.0. The highest BCUT2D eigenvalue weighted by molar-refractivity contribution is 14.1. The van der Waals surface area contributed by atoms with Crippen molar-refractivity contribution in [1.82, 2.24) is 0 Å². The van der Waals surface area contributed by atoms with Crippen molar-refractivity contribution in [2.45, 2.75) is 24.9 Å². The van der Waals surface area contributed by atoms with E-state index >= 15 is 0 Å². The highest BCUT2D eigenvalue weighted by Crippen LogP contribution is 2.35. The van der Waals surface area contributed by atoms with E-state index in [9.17, 15) is 10.1 Å². The van der Waals surface area contributed by atoms with Crippen LogP contribution in [0.1, 0.15) is 19.3 Å². The fourth-order valence-corrected chi connectivity index (χ4v) is 2.73. The van der Waals surface area contributed by atoms with Crippen molar-refractivity contribution in [3.63, 3.8) is 0 Å². The number of nitro groups is 1. The molecule has 98 valence electrons. The van der Waals surface area contributed by atoms with Crippen LogP contribution in [0.4, 0.5) is 11.4 Å². The largest absolute Gasteiger partial charge is 0.381 e. The summed E-state index contributed by atoms with van der Waals surface area (Å²) < 4.78 is 6.38. The number of ether oxygens (including phenoxy) is 1. The molecule has 6 heteroatoms. The number of halogens is 1. The molecule has 5 nitrogen and oxygen atoms in total. The number of benzene rings is 1. The van der Waals surface area contributed by atoms with Crippen molar-refractivity contribution >= 4 is 34.0 Å². The third-order valence-corrected chi connectivity index (χ3v) is 4.35. The van der Waals surface area contributed by atoms with Gasteiger partial charge in [0.2, 0.25) is 0 Å². The standard InChI is InChI=1S/C12H15IN2O3/c1-18-12(5-2-6-12)8-14-11-4-3-9(15(16)17)7-10(11)13/h3-4,7,14H,2,5-6,8H2,1H3. The summed E-state index contributed by atoms with van der Waals surface area (Å²) in [5, 5.41) is 14.0. The molecular weight excluding hydrogens is 347 g/mol. The van der Waals surface area contributed by atoms with Crippen LogP contribution in [0, 0.1) is 13.7 Å². The number of methoxy groups -OCH3 is 1. The molecule has 0 amide bonds. The minimum atomic E-state index is -0.380. The first-order chi connectivity index (χ1) is 8.56. The second-order valence-corrected chi connectivity index (χ2v) is 5.68. The van der Waals surface area contributed by atoms with E-state index in [1.165, 1.54) is 12.5 Å². The Bertz CT molecular complexity index is 455. The van der Waals surface area contributed by atoms with E-state index in [0.717, 1.165) is 28.6 Å². The number of nitrogens with zero attached hydrogens (tertiary/aromatic N) is 1. The molecule has 1 saturated carbocycles. The number of nitro benzene ring substituents is 1. The lowest BCUT2D eigenvalue weighted by Crippen LogP contribution is -2.45. The van der Waals surface area contributed by atoms with Crippen LogP contribution in [-0.2, 0) is 4.74 Å². The quantitative estimate of drug-likeness (QED) is 0.497. The molecule has 0 spiro atoms. The molecule has 1 N–H and O–H groups in total. The van der Waals surface area contributed by atoms with Crippen molar-refractivity contribution < 1.29 is 9.66 Å². The van der Waals surface area contributed by atoms with Crippen molar-refractivity contribution in [1.29, 1.82) is 0 Å². The first kappa shape index (κ1) is 13.5. The van der Waals surface area contributed by atoms with Gasteiger partial charge in [0.15, 0.2) is 0 Å². The molecule has 0 bridgehead atoms. The van der Waals surface area contributed by atoms with Gasteiger partial charge < -0.3 is 10.1 Å². The Morgan fingerprint density at radius 2 is 2.28 bits per heavy atom. The predicted octanol–water partition coefficient (Wildman–Crippen LogP) is 3.18. The van der Waals surface area contributed by atoms with Crippen LogP contribution in [0.2, 0.25) is 0 Å². The SMILES string of the molecule is COC1(CNc2ccc([N+](=O)[O-])cc2I)CCC1. The van der Waals surface area contributed by atoms with Crippen LogP contribution >= 0.6 is 22.6 Å². The smallest absolute Gasteiger partial charge is 0.270 e. The maximum absolute atomic E-state index is 10.6. The summed E-state index contributed by atoms with van der Waals surface area (Å²) in [6, 6.07) is 4.84. The second-order valence-electron chi connectivity index (χ2n) is 4.52. The molecule has 1 fully saturated rings. The van der Waals surface area contributed by atoms with Crippen LogP contribution in [0.5, 0.6) is 0 Å². The Morgan fingerprint density at radius 3 is 2.72 bits per heavy atom. The molecule has 1 aromatic rings.